The Morgan fingerprint density at radius 1 is 1.59 bits per heavy atom. The van der Waals surface area contributed by atoms with Crippen LogP contribution < -0.4 is 0 Å². The summed E-state index contributed by atoms with van der Waals surface area (Å²) in [6.45, 7) is 2.16. The largest absolute Gasteiger partial charge is 0.388 e. The summed E-state index contributed by atoms with van der Waals surface area (Å²) < 4.78 is 2.25. The predicted octanol–water partition coefficient (Wildman–Crippen LogP) is 2.19. The van der Waals surface area contributed by atoms with Gasteiger partial charge in [-0.3, -0.25) is 5.10 Å². The number of nitrogens with zero attached hydrogens (tertiary/aromatic N) is 2. The van der Waals surface area contributed by atoms with E-state index >= 15 is 0 Å². The molecular weight excluding hydrogens is 214 g/mol. The van der Waals surface area contributed by atoms with Crippen molar-refractivity contribution >= 4 is 0 Å². The first-order chi connectivity index (χ1) is 8.27. The Hall–Kier alpha value is -1.55. The molecular formula is C13H17N3O. The third-order valence-corrected chi connectivity index (χ3v) is 3.73. The van der Waals surface area contributed by atoms with E-state index in [1.54, 1.807) is 0 Å². The van der Waals surface area contributed by atoms with E-state index in [2.05, 4.69) is 34.0 Å². The first kappa shape index (κ1) is 10.6. The van der Waals surface area contributed by atoms with Gasteiger partial charge in [-0.05, 0) is 32.3 Å². The molecule has 2 aromatic heterocycles. The fourth-order valence-corrected chi connectivity index (χ4v) is 2.70. The van der Waals surface area contributed by atoms with Crippen LogP contribution >= 0.6 is 0 Å². The van der Waals surface area contributed by atoms with Gasteiger partial charge in [-0.2, -0.15) is 5.10 Å². The zero-order valence-corrected chi connectivity index (χ0v) is 9.93. The molecule has 2 atom stereocenters. The molecule has 2 unspecified atom stereocenters. The van der Waals surface area contributed by atoms with Crippen molar-refractivity contribution in [2.75, 3.05) is 0 Å². The molecule has 0 fully saturated rings. The van der Waals surface area contributed by atoms with Crippen molar-refractivity contribution in [1.82, 2.24) is 14.8 Å². The minimum atomic E-state index is -0.281. The molecule has 0 spiro atoms. The van der Waals surface area contributed by atoms with Crippen LogP contribution in [0.4, 0.5) is 0 Å². The second kappa shape index (κ2) is 4.04. The van der Waals surface area contributed by atoms with Crippen molar-refractivity contribution in [3.63, 3.8) is 0 Å². The number of hydrogen-bond donors (Lipinski definition) is 2. The molecule has 0 radical (unpaired) electrons. The van der Waals surface area contributed by atoms with Crippen molar-refractivity contribution in [3.05, 3.63) is 41.5 Å². The molecule has 17 heavy (non-hydrogen) atoms. The maximum Gasteiger partial charge on any atom is 0.0807 e. The van der Waals surface area contributed by atoms with E-state index in [4.69, 9.17) is 0 Å². The van der Waals surface area contributed by atoms with E-state index in [9.17, 15) is 5.11 Å². The highest BCUT2D eigenvalue weighted by Gasteiger charge is 2.23. The summed E-state index contributed by atoms with van der Waals surface area (Å²) in [5.41, 5.74) is 3.55. The molecule has 2 N–H and O–H groups in total. The van der Waals surface area contributed by atoms with Crippen LogP contribution in [0.25, 0.3) is 0 Å². The van der Waals surface area contributed by atoms with Crippen molar-refractivity contribution in [3.8, 4) is 0 Å². The Labute approximate surface area is 100 Å². The fourth-order valence-electron chi connectivity index (χ4n) is 2.70. The molecule has 0 aromatic carbocycles. The smallest absolute Gasteiger partial charge is 0.0807 e. The summed E-state index contributed by atoms with van der Waals surface area (Å²) in [7, 11) is 0. The summed E-state index contributed by atoms with van der Waals surface area (Å²) in [5, 5.41) is 16.8. The number of aromatic amines is 1. The van der Waals surface area contributed by atoms with Gasteiger partial charge in [0.1, 0.15) is 0 Å². The average Bonchev–Trinajstić information content (AvgIpc) is 2.98. The monoisotopic (exact) mass is 231 g/mol. The average molecular weight is 231 g/mol. The molecule has 4 heteroatoms. The fraction of sp³-hybridized carbons (Fsp3) is 0.462. The van der Waals surface area contributed by atoms with Crippen molar-refractivity contribution < 1.29 is 5.11 Å². The molecule has 3 rings (SSSR count). The second-order valence-corrected chi connectivity index (χ2v) is 4.74. The van der Waals surface area contributed by atoms with Crippen LogP contribution in [0.3, 0.4) is 0 Å². The lowest BCUT2D eigenvalue weighted by molar-refractivity contribution is 0.155. The lowest BCUT2D eigenvalue weighted by atomic mass is 9.95. The normalized spacial score (nSPS) is 21.2. The first-order valence-corrected chi connectivity index (χ1v) is 6.13. The molecule has 90 valence electrons. The van der Waals surface area contributed by atoms with E-state index in [1.807, 2.05) is 12.4 Å². The van der Waals surface area contributed by atoms with E-state index in [1.165, 1.54) is 11.3 Å². The van der Waals surface area contributed by atoms with E-state index in [-0.39, 0.29) is 12.1 Å². The molecule has 0 saturated carbocycles. The predicted molar refractivity (Wildman–Crippen MR) is 64.7 cm³/mol. The molecule has 0 saturated heterocycles. The van der Waals surface area contributed by atoms with Crippen LogP contribution in [-0.4, -0.2) is 19.9 Å². The third kappa shape index (κ3) is 1.69. The highest BCUT2D eigenvalue weighted by Crippen LogP contribution is 2.33. The first-order valence-electron chi connectivity index (χ1n) is 6.13. The number of H-pyrrole nitrogens is 1. The summed E-state index contributed by atoms with van der Waals surface area (Å²) in [4.78, 5) is 0. The van der Waals surface area contributed by atoms with Crippen molar-refractivity contribution in [1.29, 1.82) is 0 Å². The van der Waals surface area contributed by atoms with Gasteiger partial charge in [-0.1, -0.05) is 0 Å². The van der Waals surface area contributed by atoms with Crippen LogP contribution in [-0.2, 0) is 6.42 Å². The third-order valence-electron chi connectivity index (χ3n) is 3.73. The number of aliphatic hydroxyl groups is 1. The van der Waals surface area contributed by atoms with Gasteiger partial charge in [0.25, 0.3) is 0 Å². The van der Waals surface area contributed by atoms with Gasteiger partial charge in [0.05, 0.1) is 18.3 Å². The molecule has 1 aliphatic rings. The highest BCUT2D eigenvalue weighted by molar-refractivity contribution is 5.29. The maximum atomic E-state index is 9.96. The van der Waals surface area contributed by atoms with Crippen molar-refractivity contribution in [2.24, 2.45) is 0 Å². The second-order valence-electron chi connectivity index (χ2n) is 4.74. The van der Waals surface area contributed by atoms with E-state index in [0.29, 0.717) is 0 Å². The Morgan fingerprint density at radius 2 is 2.47 bits per heavy atom. The Kier molecular flexibility index (Phi) is 2.52. The van der Waals surface area contributed by atoms with Crippen LogP contribution in [0, 0.1) is 0 Å². The Bertz CT molecular complexity index is 501. The standard InChI is InChI=1S/C13H17N3O/c1-9(10-7-14-15-8-10)16-6-5-11-12(16)3-2-4-13(11)17/h5-9,13,17H,2-4H2,1H3,(H,14,15). The number of aliphatic hydroxyl groups excluding tert-OH is 1. The Morgan fingerprint density at radius 3 is 3.24 bits per heavy atom. The molecule has 4 nitrogen and oxygen atoms in total. The summed E-state index contributed by atoms with van der Waals surface area (Å²) in [6, 6.07) is 2.32. The van der Waals surface area contributed by atoms with Gasteiger partial charge in [0.15, 0.2) is 0 Å². The minimum absolute atomic E-state index is 0.266. The molecule has 1 aliphatic carbocycles. The van der Waals surface area contributed by atoms with Gasteiger partial charge < -0.3 is 9.67 Å². The summed E-state index contributed by atoms with van der Waals surface area (Å²) >= 11 is 0. The van der Waals surface area contributed by atoms with Crippen molar-refractivity contribution in [2.45, 2.75) is 38.3 Å². The number of aromatic nitrogens is 3. The molecule has 0 aliphatic heterocycles. The van der Waals surface area contributed by atoms with Crippen LogP contribution in [0.15, 0.2) is 24.7 Å². The van der Waals surface area contributed by atoms with Crippen LogP contribution in [0.5, 0.6) is 0 Å². The topological polar surface area (TPSA) is 53.8 Å². The zero-order chi connectivity index (χ0) is 11.8. The molecule has 2 aromatic rings. The van der Waals surface area contributed by atoms with Crippen LogP contribution in [0.1, 0.15) is 48.7 Å². The Balaban J connectivity index is 1.99. The molecule has 2 heterocycles. The van der Waals surface area contributed by atoms with Crippen LogP contribution in [0.2, 0.25) is 0 Å². The quantitative estimate of drug-likeness (QED) is 0.832. The SMILES string of the molecule is CC(c1cn[nH]c1)n1ccc2c1CCCC2O. The lowest BCUT2D eigenvalue weighted by Crippen LogP contribution is -2.14. The number of hydrogen-bond acceptors (Lipinski definition) is 2. The van der Waals surface area contributed by atoms with Gasteiger partial charge in [-0.25, -0.2) is 0 Å². The number of fused-ring (bicyclic) bond motifs is 1. The number of nitrogens with one attached hydrogen (secondary N) is 1. The summed E-state index contributed by atoms with van der Waals surface area (Å²) in [5.74, 6) is 0. The highest BCUT2D eigenvalue weighted by atomic mass is 16.3. The lowest BCUT2D eigenvalue weighted by Gasteiger charge is -2.22. The number of rotatable bonds is 2. The van der Waals surface area contributed by atoms with Gasteiger partial charge in [0.2, 0.25) is 0 Å². The van der Waals surface area contributed by atoms with E-state index < -0.39 is 0 Å². The van der Waals surface area contributed by atoms with Gasteiger partial charge >= 0.3 is 0 Å². The van der Waals surface area contributed by atoms with Gasteiger partial charge in [0, 0.05) is 29.2 Å². The van der Waals surface area contributed by atoms with E-state index in [0.717, 1.165) is 24.8 Å². The summed E-state index contributed by atoms with van der Waals surface area (Å²) in [6.07, 6.45) is 8.59. The van der Waals surface area contributed by atoms with Gasteiger partial charge in [-0.15, -0.1) is 0 Å². The molecule has 0 bridgehead atoms. The maximum absolute atomic E-state index is 9.96. The molecule has 0 amide bonds. The zero-order valence-electron chi connectivity index (χ0n) is 9.93. The minimum Gasteiger partial charge on any atom is -0.388 e.